The molecule has 2 aromatic carbocycles. The molecule has 0 spiro atoms. The maximum atomic E-state index is 5.66. The fraction of sp³-hybridized carbons (Fsp3) is 0.333. The molecule has 0 saturated carbocycles. The van der Waals surface area contributed by atoms with Gasteiger partial charge in [0.2, 0.25) is 0 Å². The zero-order chi connectivity index (χ0) is 13.9. The second kappa shape index (κ2) is 5.58. The number of anilines is 1. The van der Waals surface area contributed by atoms with Crippen LogP contribution < -0.4 is 10.1 Å². The van der Waals surface area contributed by atoms with Crippen molar-refractivity contribution < 1.29 is 4.74 Å². The molecule has 0 aromatic heterocycles. The molecule has 0 heterocycles. The summed E-state index contributed by atoms with van der Waals surface area (Å²) < 4.78 is 5.66. The van der Waals surface area contributed by atoms with Gasteiger partial charge in [-0.25, -0.2) is 0 Å². The van der Waals surface area contributed by atoms with Crippen molar-refractivity contribution in [2.45, 2.75) is 38.8 Å². The Balaban J connectivity index is 1.62. The minimum atomic E-state index is 0.221. The van der Waals surface area contributed by atoms with Crippen molar-refractivity contribution in [2.24, 2.45) is 0 Å². The average molecular weight is 267 g/mol. The Bertz CT molecular complexity index is 549. The summed E-state index contributed by atoms with van der Waals surface area (Å²) in [6.07, 6.45) is 2.44. The van der Waals surface area contributed by atoms with Gasteiger partial charge in [0.05, 0.1) is 6.10 Å². The molecule has 2 nitrogen and oxygen atoms in total. The number of fused-ring (bicyclic) bond motifs is 1. The molecule has 2 heteroatoms. The zero-order valence-electron chi connectivity index (χ0n) is 12.1. The molecule has 2 aromatic rings. The van der Waals surface area contributed by atoms with Crippen molar-refractivity contribution in [2.75, 3.05) is 5.32 Å². The zero-order valence-corrected chi connectivity index (χ0v) is 12.1. The van der Waals surface area contributed by atoms with Gasteiger partial charge in [0.1, 0.15) is 5.75 Å². The van der Waals surface area contributed by atoms with Gasteiger partial charge in [0.15, 0.2) is 0 Å². The largest absolute Gasteiger partial charge is 0.491 e. The van der Waals surface area contributed by atoms with Crippen molar-refractivity contribution in [3.05, 3.63) is 59.7 Å². The maximum absolute atomic E-state index is 5.66. The normalized spacial score (nSPS) is 14.3. The minimum absolute atomic E-state index is 0.221. The third-order valence-corrected chi connectivity index (χ3v) is 3.65. The van der Waals surface area contributed by atoms with Crippen LogP contribution in [0.4, 0.5) is 5.69 Å². The maximum Gasteiger partial charge on any atom is 0.119 e. The quantitative estimate of drug-likeness (QED) is 0.902. The number of nitrogens with one attached hydrogen (secondary N) is 1. The Morgan fingerprint density at radius 1 is 0.950 bits per heavy atom. The standard InChI is InChI=1S/C18H21NO/c1-13(2)20-18-9-7-16(8-10-18)19-17-11-14-5-3-4-6-15(14)12-17/h3-10,13,17,19H,11-12H2,1-2H3. The van der Waals surface area contributed by atoms with E-state index in [4.69, 9.17) is 4.74 Å². The van der Waals surface area contributed by atoms with E-state index < -0.39 is 0 Å². The van der Waals surface area contributed by atoms with Crippen LogP contribution in [0, 0.1) is 0 Å². The molecule has 0 saturated heterocycles. The molecular weight excluding hydrogens is 246 g/mol. The van der Waals surface area contributed by atoms with Crippen molar-refractivity contribution in [3.8, 4) is 5.75 Å². The first-order valence-corrected chi connectivity index (χ1v) is 7.31. The molecule has 1 aliphatic carbocycles. The Kier molecular flexibility index (Phi) is 3.64. The molecule has 0 unspecified atom stereocenters. The Labute approximate surface area is 120 Å². The Morgan fingerprint density at radius 3 is 2.10 bits per heavy atom. The molecule has 1 aliphatic rings. The van der Waals surface area contributed by atoms with Crippen LogP contribution in [-0.4, -0.2) is 12.1 Å². The summed E-state index contributed by atoms with van der Waals surface area (Å²) in [5.74, 6) is 0.931. The van der Waals surface area contributed by atoms with Gasteiger partial charge in [-0.15, -0.1) is 0 Å². The molecule has 3 rings (SSSR count). The van der Waals surface area contributed by atoms with Gasteiger partial charge < -0.3 is 10.1 Å². The monoisotopic (exact) mass is 267 g/mol. The van der Waals surface area contributed by atoms with Gasteiger partial charge in [-0.1, -0.05) is 24.3 Å². The van der Waals surface area contributed by atoms with E-state index in [-0.39, 0.29) is 6.10 Å². The fourth-order valence-electron chi connectivity index (χ4n) is 2.80. The lowest BCUT2D eigenvalue weighted by molar-refractivity contribution is 0.242. The van der Waals surface area contributed by atoms with E-state index in [0.717, 1.165) is 18.6 Å². The molecule has 1 N–H and O–H groups in total. The van der Waals surface area contributed by atoms with Crippen LogP contribution >= 0.6 is 0 Å². The highest BCUT2D eigenvalue weighted by Crippen LogP contribution is 2.25. The summed E-state index contributed by atoms with van der Waals surface area (Å²) in [5, 5.41) is 3.61. The number of rotatable bonds is 4. The van der Waals surface area contributed by atoms with Crippen LogP contribution in [0.3, 0.4) is 0 Å². The molecular formula is C18H21NO. The highest BCUT2D eigenvalue weighted by Gasteiger charge is 2.20. The Hall–Kier alpha value is -1.96. The molecule has 104 valence electrons. The lowest BCUT2D eigenvalue weighted by Gasteiger charge is -2.15. The minimum Gasteiger partial charge on any atom is -0.491 e. The highest BCUT2D eigenvalue weighted by atomic mass is 16.5. The van der Waals surface area contributed by atoms with E-state index in [1.54, 1.807) is 0 Å². The third-order valence-electron chi connectivity index (χ3n) is 3.65. The molecule has 20 heavy (non-hydrogen) atoms. The van der Waals surface area contributed by atoms with Crippen molar-refractivity contribution in [3.63, 3.8) is 0 Å². The summed E-state index contributed by atoms with van der Waals surface area (Å²) in [6, 6.07) is 17.5. The van der Waals surface area contributed by atoms with Crippen molar-refractivity contribution in [1.82, 2.24) is 0 Å². The van der Waals surface area contributed by atoms with Crippen LogP contribution in [0.5, 0.6) is 5.75 Å². The van der Waals surface area contributed by atoms with E-state index >= 15 is 0 Å². The second-order valence-electron chi connectivity index (χ2n) is 5.71. The number of hydrogen-bond acceptors (Lipinski definition) is 2. The van der Waals surface area contributed by atoms with E-state index in [1.165, 1.54) is 16.8 Å². The van der Waals surface area contributed by atoms with Gasteiger partial charge in [-0.05, 0) is 62.1 Å². The molecule has 0 radical (unpaired) electrons. The smallest absolute Gasteiger partial charge is 0.119 e. The van der Waals surface area contributed by atoms with Gasteiger partial charge >= 0.3 is 0 Å². The van der Waals surface area contributed by atoms with Crippen LogP contribution in [-0.2, 0) is 12.8 Å². The van der Waals surface area contributed by atoms with Crippen molar-refractivity contribution >= 4 is 5.69 Å². The predicted molar refractivity (Wildman–Crippen MR) is 83.5 cm³/mol. The summed E-state index contributed by atoms with van der Waals surface area (Å²) >= 11 is 0. The first-order chi connectivity index (χ1) is 9.70. The first-order valence-electron chi connectivity index (χ1n) is 7.31. The summed E-state index contributed by atoms with van der Waals surface area (Å²) in [4.78, 5) is 0. The fourth-order valence-corrected chi connectivity index (χ4v) is 2.80. The highest BCUT2D eigenvalue weighted by molar-refractivity contribution is 5.49. The van der Waals surface area contributed by atoms with Crippen LogP contribution in [0.2, 0.25) is 0 Å². The Morgan fingerprint density at radius 2 is 1.55 bits per heavy atom. The van der Waals surface area contributed by atoms with Gasteiger partial charge in [-0.2, -0.15) is 0 Å². The van der Waals surface area contributed by atoms with Gasteiger partial charge in [-0.3, -0.25) is 0 Å². The summed E-state index contributed by atoms with van der Waals surface area (Å²) in [7, 11) is 0. The topological polar surface area (TPSA) is 21.3 Å². The lowest BCUT2D eigenvalue weighted by Crippen LogP contribution is -2.19. The average Bonchev–Trinajstić information content (AvgIpc) is 2.82. The number of ether oxygens (including phenoxy) is 1. The second-order valence-corrected chi connectivity index (χ2v) is 5.71. The molecule has 0 atom stereocenters. The third kappa shape index (κ3) is 2.96. The predicted octanol–water partition coefficient (Wildman–Crippen LogP) is 4.05. The van der Waals surface area contributed by atoms with Crippen LogP contribution in [0.1, 0.15) is 25.0 Å². The van der Waals surface area contributed by atoms with Gasteiger partial charge in [0, 0.05) is 11.7 Å². The summed E-state index contributed by atoms with van der Waals surface area (Å²) in [5.41, 5.74) is 4.12. The molecule has 0 bridgehead atoms. The number of hydrogen-bond donors (Lipinski definition) is 1. The molecule has 0 fully saturated rings. The summed E-state index contributed by atoms with van der Waals surface area (Å²) in [6.45, 7) is 4.09. The van der Waals surface area contributed by atoms with E-state index in [0.29, 0.717) is 6.04 Å². The number of benzene rings is 2. The van der Waals surface area contributed by atoms with Crippen molar-refractivity contribution in [1.29, 1.82) is 0 Å². The van der Waals surface area contributed by atoms with E-state index in [1.807, 2.05) is 26.0 Å². The van der Waals surface area contributed by atoms with E-state index in [2.05, 4.69) is 41.7 Å². The van der Waals surface area contributed by atoms with E-state index in [9.17, 15) is 0 Å². The SMILES string of the molecule is CC(C)Oc1ccc(NC2Cc3ccccc3C2)cc1. The van der Waals surface area contributed by atoms with Crippen LogP contribution in [0.15, 0.2) is 48.5 Å². The molecule has 0 amide bonds. The molecule has 0 aliphatic heterocycles. The first kappa shape index (κ1) is 13.0. The van der Waals surface area contributed by atoms with Crippen LogP contribution in [0.25, 0.3) is 0 Å². The lowest BCUT2D eigenvalue weighted by atomic mass is 10.1. The van der Waals surface area contributed by atoms with Gasteiger partial charge in [0.25, 0.3) is 0 Å².